The summed E-state index contributed by atoms with van der Waals surface area (Å²) in [6, 6.07) is 12.5. The van der Waals surface area contributed by atoms with Crippen molar-refractivity contribution in [2.24, 2.45) is 0 Å². The van der Waals surface area contributed by atoms with Crippen molar-refractivity contribution in [2.75, 3.05) is 20.2 Å². The molecule has 5 heteroatoms. The first-order chi connectivity index (χ1) is 18.1. The average molecular weight is 614 g/mol. The molecule has 2 aliphatic heterocycles. The van der Waals surface area contributed by atoms with Crippen LogP contribution >= 0.6 is 22.6 Å². The Labute approximate surface area is 233 Å². The Hall–Kier alpha value is -2.12. The van der Waals surface area contributed by atoms with Gasteiger partial charge in [-0.2, -0.15) is 0 Å². The fourth-order valence-corrected chi connectivity index (χ4v) is 6.78. The number of benzene rings is 2. The van der Waals surface area contributed by atoms with Gasteiger partial charge in [-0.1, -0.05) is 50.8 Å². The van der Waals surface area contributed by atoms with Gasteiger partial charge in [0.15, 0.2) is 11.6 Å². The highest BCUT2D eigenvalue weighted by atomic mass is 127. The standard InChI is InChI=1S/C32H37FINO2/c1-3-4-5-6-10-26(22-11-14-31(36-2)29(33)20-22)32(34)24-12-13-30-27(19-24)28(21-37-30)23-15-17-35-16-8-7-9-25(35)18-23/h11-15,19-21,25H,3-10,16-18H2,1-2H3. The molecule has 3 nitrogen and oxygen atoms in total. The maximum absolute atomic E-state index is 14.7. The number of hydrogen-bond donors (Lipinski definition) is 0. The van der Waals surface area contributed by atoms with Crippen LogP contribution in [0, 0.1) is 5.82 Å². The third-order valence-corrected chi connectivity index (χ3v) is 9.27. The summed E-state index contributed by atoms with van der Waals surface area (Å²) in [4.78, 5) is 2.63. The largest absolute Gasteiger partial charge is 0.494 e. The van der Waals surface area contributed by atoms with E-state index >= 15 is 0 Å². The minimum Gasteiger partial charge on any atom is -0.494 e. The Morgan fingerprint density at radius 1 is 1.11 bits per heavy atom. The lowest BCUT2D eigenvalue weighted by Gasteiger charge is -2.38. The zero-order chi connectivity index (χ0) is 25.8. The van der Waals surface area contributed by atoms with E-state index in [0.29, 0.717) is 6.04 Å². The average Bonchev–Trinajstić information content (AvgIpc) is 3.36. The summed E-state index contributed by atoms with van der Waals surface area (Å²) in [6.07, 6.45) is 15.0. The predicted molar refractivity (Wildman–Crippen MR) is 161 cm³/mol. The molecule has 5 rings (SSSR count). The Morgan fingerprint density at radius 3 is 2.78 bits per heavy atom. The summed E-state index contributed by atoms with van der Waals surface area (Å²) in [5.41, 5.74) is 6.85. The third kappa shape index (κ3) is 5.83. The highest BCUT2D eigenvalue weighted by Crippen LogP contribution is 2.40. The Morgan fingerprint density at radius 2 is 1.97 bits per heavy atom. The molecule has 3 heterocycles. The summed E-state index contributed by atoms with van der Waals surface area (Å²) in [6.45, 7) is 4.49. The van der Waals surface area contributed by atoms with Gasteiger partial charge < -0.3 is 9.15 Å². The Balaban J connectivity index is 1.51. The Bertz CT molecular complexity index is 1310. The molecule has 1 saturated heterocycles. The number of rotatable bonds is 9. The molecule has 0 radical (unpaired) electrons. The van der Waals surface area contributed by atoms with Crippen molar-refractivity contribution in [1.29, 1.82) is 0 Å². The highest BCUT2D eigenvalue weighted by molar-refractivity contribution is 14.1. The molecule has 1 aromatic heterocycles. The number of furan rings is 1. The second-order valence-corrected chi connectivity index (χ2v) is 11.5. The maximum Gasteiger partial charge on any atom is 0.165 e. The first kappa shape index (κ1) is 26.5. The van der Waals surface area contributed by atoms with E-state index in [-0.39, 0.29) is 11.6 Å². The molecular weight excluding hydrogens is 576 g/mol. The van der Waals surface area contributed by atoms with Gasteiger partial charge >= 0.3 is 0 Å². The van der Waals surface area contributed by atoms with Crippen molar-refractivity contribution in [3.8, 4) is 5.75 Å². The summed E-state index contributed by atoms with van der Waals surface area (Å²) in [5.74, 6) is -0.0327. The second-order valence-electron chi connectivity index (χ2n) is 10.4. The van der Waals surface area contributed by atoms with Gasteiger partial charge in [0, 0.05) is 27.1 Å². The van der Waals surface area contributed by atoms with E-state index in [1.807, 2.05) is 12.3 Å². The summed E-state index contributed by atoms with van der Waals surface area (Å²) >= 11 is 2.46. The maximum atomic E-state index is 14.7. The molecule has 0 spiro atoms. The minimum atomic E-state index is -0.316. The number of methoxy groups -OCH3 is 1. The number of fused-ring (bicyclic) bond motifs is 2. The van der Waals surface area contributed by atoms with E-state index in [0.717, 1.165) is 42.5 Å². The minimum absolute atomic E-state index is 0.283. The number of nitrogens with zero attached hydrogens (tertiary/aromatic N) is 1. The summed E-state index contributed by atoms with van der Waals surface area (Å²) in [7, 11) is 1.51. The monoisotopic (exact) mass is 613 g/mol. The van der Waals surface area contributed by atoms with Crippen molar-refractivity contribution in [3.63, 3.8) is 0 Å². The molecule has 0 aliphatic carbocycles. The molecule has 37 heavy (non-hydrogen) atoms. The lowest BCUT2D eigenvalue weighted by molar-refractivity contribution is 0.161. The SMILES string of the molecule is CCCCCCC(=C(I)c1ccc2occ(C3=CCN4CCCCC4C3)c2c1)c1ccc(OC)c(F)c1. The number of halogens is 2. The van der Waals surface area contributed by atoms with Gasteiger partial charge in [-0.25, -0.2) is 4.39 Å². The fraction of sp³-hybridized carbons (Fsp3) is 0.438. The fourth-order valence-electron chi connectivity index (χ4n) is 5.87. The molecule has 196 valence electrons. The van der Waals surface area contributed by atoms with Crippen molar-refractivity contribution in [3.05, 3.63) is 71.2 Å². The quantitative estimate of drug-likeness (QED) is 0.137. The molecule has 0 saturated carbocycles. The number of allylic oxidation sites excluding steroid dienone is 1. The van der Waals surface area contributed by atoms with E-state index in [2.05, 4.69) is 58.7 Å². The lowest BCUT2D eigenvalue weighted by Crippen LogP contribution is -2.41. The van der Waals surface area contributed by atoms with Crippen LogP contribution < -0.4 is 4.74 Å². The van der Waals surface area contributed by atoms with Crippen molar-refractivity contribution < 1.29 is 13.5 Å². The number of unbranched alkanes of at least 4 members (excludes halogenated alkanes) is 3. The normalized spacial score (nSPS) is 18.9. The van der Waals surface area contributed by atoms with Gasteiger partial charge in [0.25, 0.3) is 0 Å². The molecule has 2 aromatic carbocycles. The number of piperidine rings is 1. The van der Waals surface area contributed by atoms with Crippen LogP contribution in [0.2, 0.25) is 0 Å². The Kier molecular flexibility index (Phi) is 8.71. The van der Waals surface area contributed by atoms with Crippen LogP contribution in [0.25, 0.3) is 25.7 Å². The molecule has 1 fully saturated rings. The zero-order valence-electron chi connectivity index (χ0n) is 22.0. The topological polar surface area (TPSA) is 25.6 Å². The molecule has 1 unspecified atom stereocenters. The van der Waals surface area contributed by atoms with Gasteiger partial charge in [-0.15, -0.1) is 0 Å². The van der Waals surface area contributed by atoms with E-state index in [1.165, 1.54) is 77.9 Å². The van der Waals surface area contributed by atoms with Gasteiger partial charge in [-0.05, 0) is 108 Å². The third-order valence-electron chi connectivity index (χ3n) is 8.00. The van der Waals surface area contributed by atoms with E-state index < -0.39 is 0 Å². The first-order valence-corrected chi connectivity index (χ1v) is 14.8. The predicted octanol–water partition coefficient (Wildman–Crippen LogP) is 9.50. The van der Waals surface area contributed by atoms with Crippen LogP contribution in [-0.4, -0.2) is 31.1 Å². The zero-order valence-corrected chi connectivity index (χ0v) is 24.2. The smallest absolute Gasteiger partial charge is 0.165 e. The van der Waals surface area contributed by atoms with Crippen molar-refractivity contribution >= 4 is 48.3 Å². The summed E-state index contributed by atoms with van der Waals surface area (Å²) < 4.78 is 27.0. The molecule has 0 amide bonds. The van der Waals surface area contributed by atoms with Gasteiger partial charge in [0.05, 0.1) is 13.4 Å². The highest BCUT2D eigenvalue weighted by Gasteiger charge is 2.27. The van der Waals surface area contributed by atoms with E-state index in [4.69, 9.17) is 9.15 Å². The molecule has 3 aromatic rings. The number of ether oxygens (including phenoxy) is 1. The van der Waals surface area contributed by atoms with Crippen LogP contribution in [0.15, 0.2) is 53.2 Å². The first-order valence-electron chi connectivity index (χ1n) is 13.8. The van der Waals surface area contributed by atoms with Crippen LogP contribution in [0.4, 0.5) is 4.39 Å². The van der Waals surface area contributed by atoms with Crippen molar-refractivity contribution in [2.45, 2.75) is 70.8 Å². The molecule has 0 bridgehead atoms. The molecular formula is C32H37FINO2. The van der Waals surface area contributed by atoms with Gasteiger partial charge in [0.2, 0.25) is 0 Å². The molecule has 1 atom stereocenters. The summed E-state index contributed by atoms with van der Waals surface area (Å²) in [5, 5.41) is 1.17. The molecule has 2 aliphatic rings. The van der Waals surface area contributed by atoms with Crippen LogP contribution in [0.1, 0.15) is 81.4 Å². The van der Waals surface area contributed by atoms with E-state index in [1.54, 1.807) is 12.1 Å². The second kappa shape index (κ2) is 12.2. The van der Waals surface area contributed by atoms with Gasteiger partial charge in [0.1, 0.15) is 5.58 Å². The lowest BCUT2D eigenvalue weighted by atomic mass is 9.88. The van der Waals surface area contributed by atoms with Crippen molar-refractivity contribution in [1.82, 2.24) is 4.90 Å². The van der Waals surface area contributed by atoms with Gasteiger partial charge in [-0.3, -0.25) is 4.90 Å². The van der Waals surface area contributed by atoms with Crippen LogP contribution in [0.3, 0.4) is 0 Å². The number of hydrogen-bond acceptors (Lipinski definition) is 3. The molecule has 0 N–H and O–H groups in total. The van der Waals surface area contributed by atoms with E-state index in [9.17, 15) is 4.39 Å². The van der Waals surface area contributed by atoms with Crippen LogP contribution in [0.5, 0.6) is 5.75 Å². The van der Waals surface area contributed by atoms with Crippen LogP contribution in [-0.2, 0) is 0 Å².